The van der Waals surface area contributed by atoms with E-state index in [0.717, 1.165) is 32.0 Å². The van der Waals surface area contributed by atoms with E-state index < -0.39 is 0 Å². The van der Waals surface area contributed by atoms with E-state index in [0.29, 0.717) is 18.1 Å². The molecule has 2 fully saturated rings. The first-order chi connectivity index (χ1) is 12.7. The van der Waals surface area contributed by atoms with Gasteiger partial charge in [0.25, 0.3) is 0 Å². The SMILES string of the molecule is CN=C(NCC1CCCN1C)NC1CCN(Cc2ccccc2)C(C)C1. The number of nitrogens with zero attached hydrogens (tertiary/aromatic N) is 3. The maximum Gasteiger partial charge on any atom is 0.191 e. The molecule has 0 bridgehead atoms. The van der Waals surface area contributed by atoms with E-state index in [-0.39, 0.29) is 0 Å². The molecule has 0 aliphatic carbocycles. The molecule has 3 rings (SSSR count). The number of likely N-dealkylation sites (N-methyl/N-ethyl adjacent to an activating group) is 1. The zero-order valence-electron chi connectivity index (χ0n) is 16.6. The van der Waals surface area contributed by atoms with Crippen molar-refractivity contribution in [3.8, 4) is 0 Å². The lowest BCUT2D eigenvalue weighted by molar-refractivity contribution is 0.134. The summed E-state index contributed by atoms with van der Waals surface area (Å²) in [6.07, 6.45) is 4.93. The summed E-state index contributed by atoms with van der Waals surface area (Å²) in [5, 5.41) is 7.19. The maximum absolute atomic E-state index is 4.44. The van der Waals surface area contributed by atoms with Crippen LogP contribution in [0.25, 0.3) is 0 Å². The van der Waals surface area contributed by atoms with Crippen molar-refractivity contribution in [3.63, 3.8) is 0 Å². The third kappa shape index (κ3) is 5.21. The molecule has 2 saturated heterocycles. The van der Waals surface area contributed by atoms with Crippen LogP contribution in [0.3, 0.4) is 0 Å². The lowest BCUT2D eigenvalue weighted by Gasteiger charge is -2.38. The second-order valence-corrected chi connectivity index (χ2v) is 7.90. The van der Waals surface area contributed by atoms with Crippen molar-refractivity contribution in [2.75, 3.05) is 33.7 Å². The minimum atomic E-state index is 0.504. The van der Waals surface area contributed by atoms with Gasteiger partial charge in [-0.3, -0.25) is 9.89 Å². The van der Waals surface area contributed by atoms with Crippen LogP contribution in [0, 0.1) is 0 Å². The van der Waals surface area contributed by atoms with Gasteiger partial charge in [-0.25, -0.2) is 0 Å². The fourth-order valence-corrected chi connectivity index (χ4v) is 4.24. The normalized spacial score (nSPS) is 28.3. The van der Waals surface area contributed by atoms with Crippen molar-refractivity contribution in [3.05, 3.63) is 35.9 Å². The summed E-state index contributed by atoms with van der Waals surface area (Å²) in [4.78, 5) is 9.49. The number of hydrogen-bond acceptors (Lipinski definition) is 3. The first-order valence-corrected chi connectivity index (χ1v) is 10.1. The summed E-state index contributed by atoms with van der Waals surface area (Å²) in [6, 6.07) is 12.5. The summed E-state index contributed by atoms with van der Waals surface area (Å²) in [5.41, 5.74) is 1.41. The lowest BCUT2D eigenvalue weighted by atomic mass is 9.97. The van der Waals surface area contributed by atoms with Gasteiger partial charge in [-0.2, -0.15) is 0 Å². The number of rotatable bonds is 5. The molecule has 5 heteroatoms. The van der Waals surface area contributed by atoms with Crippen molar-refractivity contribution in [1.29, 1.82) is 0 Å². The Labute approximate surface area is 158 Å². The molecule has 3 atom stereocenters. The number of guanidine groups is 1. The molecular weight excluding hydrogens is 322 g/mol. The monoisotopic (exact) mass is 357 g/mol. The fourth-order valence-electron chi connectivity index (χ4n) is 4.24. The van der Waals surface area contributed by atoms with Crippen molar-refractivity contribution in [2.45, 2.75) is 57.3 Å². The highest BCUT2D eigenvalue weighted by Crippen LogP contribution is 2.20. The Morgan fingerprint density at radius 2 is 2.00 bits per heavy atom. The third-order valence-corrected chi connectivity index (χ3v) is 5.98. The predicted octanol–water partition coefficient (Wildman–Crippen LogP) is 2.30. The molecule has 2 aliphatic heterocycles. The van der Waals surface area contributed by atoms with Gasteiger partial charge in [-0.15, -0.1) is 0 Å². The molecule has 5 nitrogen and oxygen atoms in total. The standard InChI is InChI=1S/C21H35N5/c1-17-14-19(11-13-26(17)16-18-8-5-4-6-9-18)24-21(22-2)23-15-20-10-7-12-25(20)3/h4-6,8-9,17,19-20H,7,10-16H2,1-3H3,(H2,22,23,24). The first-order valence-electron chi connectivity index (χ1n) is 10.1. The van der Waals surface area contributed by atoms with Crippen LogP contribution in [0.4, 0.5) is 0 Å². The van der Waals surface area contributed by atoms with Gasteiger partial charge >= 0.3 is 0 Å². The first kappa shape index (κ1) is 19.2. The van der Waals surface area contributed by atoms with E-state index >= 15 is 0 Å². The molecule has 0 amide bonds. The van der Waals surface area contributed by atoms with Crippen LogP contribution >= 0.6 is 0 Å². The molecule has 1 aromatic carbocycles. The number of nitrogens with one attached hydrogen (secondary N) is 2. The van der Waals surface area contributed by atoms with Crippen LogP contribution < -0.4 is 10.6 Å². The van der Waals surface area contributed by atoms with Crippen molar-refractivity contribution in [2.24, 2.45) is 4.99 Å². The van der Waals surface area contributed by atoms with Gasteiger partial charge < -0.3 is 15.5 Å². The Morgan fingerprint density at radius 1 is 1.19 bits per heavy atom. The summed E-state index contributed by atoms with van der Waals surface area (Å²) < 4.78 is 0. The minimum absolute atomic E-state index is 0.504. The molecule has 2 N–H and O–H groups in total. The van der Waals surface area contributed by atoms with Gasteiger partial charge in [0.1, 0.15) is 0 Å². The van der Waals surface area contributed by atoms with Gasteiger partial charge in [-0.05, 0) is 51.8 Å². The van der Waals surface area contributed by atoms with Gasteiger partial charge in [-0.1, -0.05) is 30.3 Å². The van der Waals surface area contributed by atoms with Crippen LogP contribution in [-0.2, 0) is 6.54 Å². The van der Waals surface area contributed by atoms with Crippen LogP contribution in [-0.4, -0.2) is 67.6 Å². The Bertz CT molecular complexity index is 573. The summed E-state index contributed by atoms with van der Waals surface area (Å²) in [7, 11) is 4.10. The Hall–Kier alpha value is -1.59. The highest BCUT2D eigenvalue weighted by atomic mass is 15.2. The Balaban J connectivity index is 1.44. The summed E-state index contributed by atoms with van der Waals surface area (Å²) in [6.45, 7) is 6.74. The van der Waals surface area contributed by atoms with Gasteiger partial charge in [0.2, 0.25) is 0 Å². The molecule has 0 saturated carbocycles. The Kier molecular flexibility index (Phi) is 6.92. The van der Waals surface area contributed by atoms with Crippen LogP contribution in [0.15, 0.2) is 35.3 Å². The van der Waals surface area contributed by atoms with E-state index in [1.54, 1.807) is 0 Å². The smallest absolute Gasteiger partial charge is 0.191 e. The number of piperidine rings is 1. The molecule has 0 aromatic heterocycles. The molecule has 0 spiro atoms. The number of hydrogen-bond donors (Lipinski definition) is 2. The zero-order valence-corrected chi connectivity index (χ0v) is 16.6. The molecule has 1 aromatic rings. The van der Waals surface area contributed by atoms with Crippen molar-refractivity contribution in [1.82, 2.24) is 20.4 Å². The Morgan fingerprint density at radius 3 is 2.65 bits per heavy atom. The maximum atomic E-state index is 4.44. The quantitative estimate of drug-likeness (QED) is 0.627. The molecule has 2 aliphatic rings. The number of likely N-dealkylation sites (tertiary alicyclic amines) is 2. The summed E-state index contributed by atoms with van der Waals surface area (Å²) >= 11 is 0. The molecule has 3 unspecified atom stereocenters. The average molecular weight is 358 g/mol. The van der Waals surface area contributed by atoms with Crippen molar-refractivity contribution >= 4 is 5.96 Å². The summed E-state index contributed by atoms with van der Waals surface area (Å²) in [5.74, 6) is 0.957. The zero-order chi connectivity index (χ0) is 18.4. The highest BCUT2D eigenvalue weighted by Gasteiger charge is 2.26. The number of aliphatic imine (C=N–C) groups is 1. The lowest BCUT2D eigenvalue weighted by Crippen LogP contribution is -2.52. The van der Waals surface area contributed by atoms with E-state index in [4.69, 9.17) is 0 Å². The highest BCUT2D eigenvalue weighted by molar-refractivity contribution is 5.80. The van der Waals surface area contributed by atoms with E-state index in [1.807, 2.05) is 7.05 Å². The van der Waals surface area contributed by atoms with E-state index in [1.165, 1.54) is 31.4 Å². The van der Waals surface area contributed by atoms with Crippen molar-refractivity contribution < 1.29 is 0 Å². The molecule has 2 heterocycles. The number of benzene rings is 1. The van der Waals surface area contributed by atoms with E-state index in [2.05, 4.69) is 69.7 Å². The van der Waals surface area contributed by atoms with Crippen LogP contribution in [0.2, 0.25) is 0 Å². The third-order valence-electron chi connectivity index (χ3n) is 5.98. The molecule has 26 heavy (non-hydrogen) atoms. The molecule has 0 radical (unpaired) electrons. The predicted molar refractivity (Wildman–Crippen MR) is 109 cm³/mol. The van der Waals surface area contributed by atoms with Gasteiger partial charge in [0, 0.05) is 44.8 Å². The topological polar surface area (TPSA) is 42.9 Å². The largest absolute Gasteiger partial charge is 0.355 e. The van der Waals surface area contributed by atoms with Gasteiger partial charge in [0.15, 0.2) is 5.96 Å². The molecule has 144 valence electrons. The molecular formula is C21H35N5. The van der Waals surface area contributed by atoms with E-state index in [9.17, 15) is 0 Å². The van der Waals surface area contributed by atoms with Crippen LogP contribution in [0.1, 0.15) is 38.2 Å². The fraction of sp³-hybridized carbons (Fsp3) is 0.667. The average Bonchev–Trinajstić information content (AvgIpc) is 3.06. The van der Waals surface area contributed by atoms with Gasteiger partial charge in [0.05, 0.1) is 0 Å². The second kappa shape index (κ2) is 9.38. The van der Waals surface area contributed by atoms with Crippen LogP contribution in [0.5, 0.6) is 0 Å². The second-order valence-electron chi connectivity index (χ2n) is 7.90. The minimum Gasteiger partial charge on any atom is -0.355 e.